The summed E-state index contributed by atoms with van der Waals surface area (Å²) in [6.07, 6.45) is 9.14. The number of aliphatic imine (C=N–C) groups is 1. The number of imidazole rings is 1. The van der Waals surface area contributed by atoms with Crippen molar-refractivity contribution in [3.05, 3.63) is 95.7 Å². The molecule has 0 spiro atoms. The lowest BCUT2D eigenvalue weighted by atomic mass is 10.1. The molecule has 0 radical (unpaired) electrons. The van der Waals surface area contributed by atoms with Crippen LogP contribution in [0.3, 0.4) is 0 Å². The van der Waals surface area contributed by atoms with E-state index in [4.69, 9.17) is 0 Å². The van der Waals surface area contributed by atoms with Crippen LogP contribution in [0.2, 0.25) is 0 Å². The molecular weight excluding hydrogens is 388 g/mol. The van der Waals surface area contributed by atoms with Crippen LogP contribution >= 0.6 is 15.9 Å². The summed E-state index contributed by atoms with van der Waals surface area (Å²) in [6.45, 7) is 0. The van der Waals surface area contributed by atoms with Crippen molar-refractivity contribution in [2.45, 2.75) is 0 Å². The van der Waals surface area contributed by atoms with E-state index in [0.29, 0.717) is 0 Å². The summed E-state index contributed by atoms with van der Waals surface area (Å²) in [6, 6.07) is 20.3. The fourth-order valence-corrected chi connectivity index (χ4v) is 3.07. The van der Waals surface area contributed by atoms with Gasteiger partial charge in [0.25, 0.3) is 0 Å². The number of nitrogens with zero attached hydrogens (tertiary/aromatic N) is 4. The van der Waals surface area contributed by atoms with E-state index in [0.717, 1.165) is 32.8 Å². The third-order valence-corrected chi connectivity index (χ3v) is 4.60. The number of aromatic nitrogens is 3. The molecule has 4 nitrogen and oxygen atoms in total. The molecule has 0 N–H and O–H groups in total. The first-order valence-electron chi connectivity index (χ1n) is 8.13. The van der Waals surface area contributed by atoms with Crippen molar-refractivity contribution in [2.24, 2.45) is 4.99 Å². The van der Waals surface area contributed by atoms with Crippen molar-refractivity contribution in [2.75, 3.05) is 0 Å². The molecule has 2 aromatic carbocycles. The summed E-state index contributed by atoms with van der Waals surface area (Å²) in [4.78, 5) is 12.8. The van der Waals surface area contributed by atoms with Gasteiger partial charge in [-0.25, -0.2) is 4.98 Å². The molecule has 0 fully saturated rings. The molecule has 4 rings (SSSR count). The van der Waals surface area contributed by atoms with Gasteiger partial charge in [-0.15, -0.1) is 0 Å². The second kappa shape index (κ2) is 7.45. The fraction of sp³-hybridized carbons (Fsp3) is 0. The van der Waals surface area contributed by atoms with Gasteiger partial charge in [0.05, 0.1) is 5.69 Å². The predicted molar refractivity (Wildman–Crippen MR) is 108 cm³/mol. The first-order valence-corrected chi connectivity index (χ1v) is 8.93. The lowest BCUT2D eigenvalue weighted by Crippen LogP contribution is -1.92. The molecule has 0 bridgehead atoms. The highest BCUT2D eigenvalue weighted by Gasteiger charge is 2.01. The maximum Gasteiger partial charge on any atom is 0.181 e. The van der Waals surface area contributed by atoms with Crippen molar-refractivity contribution < 1.29 is 0 Å². The summed E-state index contributed by atoms with van der Waals surface area (Å²) in [5, 5.41) is 0. The van der Waals surface area contributed by atoms with Crippen molar-refractivity contribution in [3.8, 4) is 16.8 Å². The Bertz CT molecular complexity index is 1020. The topological polar surface area (TPSA) is 43.1 Å². The van der Waals surface area contributed by atoms with Gasteiger partial charge in [0, 0.05) is 36.7 Å². The fourth-order valence-electron chi connectivity index (χ4n) is 2.63. The average molecular weight is 403 g/mol. The Balaban J connectivity index is 1.49. The minimum atomic E-state index is 0.785. The average Bonchev–Trinajstić information content (AvgIpc) is 3.14. The lowest BCUT2D eigenvalue weighted by Gasteiger charge is -2.04. The van der Waals surface area contributed by atoms with Gasteiger partial charge in [0.15, 0.2) is 4.73 Å². The van der Waals surface area contributed by atoms with Gasteiger partial charge >= 0.3 is 0 Å². The molecule has 0 saturated carbocycles. The third kappa shape index (κ3) is 3.63. The lowest BCUT2D eigenvalue weighted by molar-refractivity contribution is 1.01. The van der Waals surface area contributed by atoms with Crippen LogP contribution in [0, 0.1) is 0 Å². The maximum atomic E-state index is 4.56. The summed E-state index contributed by atoms with van der Waals surface area (Å²) in [7, 11) is 0. The van der Waals surface area contributed by atoms with Crippen molar-refractivity contribution in [1.82, 2.24) is 14.5 Å². The molecule has 0 aliphatic rings. The van der Waals surface area contributed by atoms with Crippen LogP contribution in [0.15, 0.2) is 95.2 Å². The zero-order valence-corrected chi connectivity index (χ0v) is 15.4. The number of halogens is 1. The molecule has 2 heterocycles. The highest BCUT2D eigenvalue weighted by molar-refractivity contribution is 9.10. The third-order valence-electron chi connectivity index (χ3n) is 4.01. The Morgan fingerprint density at radius 1 is 0.808 bits per heavy atom. The van der Waals surface area contributed by atoms with Crippen LogP contribution in [0.25, 0.3) is 16.8 Å². The summed E-state index contributed by atoms with van der Waals surface area (Å²) in [5.74, 6) is 0. The van der Waals surface area contributed by atoms with Gasteiger partial charge in [-0.05, 0) is 69.0 Å². The van der Waals surface area contributed by atoms with E-state index in [9.17, 15) is 0 Å². The van der Waals surface area contributed by atoms with E-state index in [1.807, 2.05) is 65.5 Å². The Hall–Kier alpha value is -3.05. The van der Waals surface area contributed by atoms with Crippen molar-refractivity contribution in [3.63, 3.8) is 0 Å². The number of hydrogen-bond acceptors (Lipinski definition) is 3. The van der Waals surface area contributed by atoms with Crippen molar-refractivity contribution in [1.29, 1.82) is 0 Å². The van der Waals surface area contributed by atoms with E-state index in [1.165, 1.54) is 0 Å². The first-order chi connectivity index (χ1) is 12.8. The molecule has 26 heavy (non-hydrogen) atoms. The van der Waals surface area contributed by atoms with Gasteiger partial charge in [0.2, 0.25) is 0 Å². The van der Waals surface area contributed by atoms with Gasteiger partial charge < -0.3 is 0 Å². The van der Waals surface area contributed by atoms with E-state index in [2.05, 4.69) is 43.0 Å². The Morgan fingerprint density at radius 3 is 2.15 bits per heavy atom. The minimum absolute atomic E-state index is 0.785. The predicted octanol–water partition coefficient (Wildman–Crippen LogP) is 5.45. The van der Waals surface area contributed by atoms with Gasteiger partial charge in [-0.3, -0.25) is 14.5 Å². The molecule has 0 amide bonds. The van der Waals surface area contributed by atoms with Crippen LogP contribution in [-0.2, 0) is 0 Å². The normalized spacial score (nSPS) is 11.1. The molecular formula is C21H15BrN4. The highest BCUT2D eigenvalue weighted by Crippen LogP contribution is 2.22. The second-order valence-electron chi connectivity index (χ2n) is 5.70. The van der Waals surface area contributed by atoms with Crippen LogP contribution in [-0.4, -0.2) is 20.7 Å². The molecule has 0 aliphatic heterocycles. The van der Waals surface area contributed by atoms with Crippen LogP contribution in [0.5, 0.6) is 0 Å². The van der Waals surface area contributed by atoms with Crippen molar-refractivity contribution >= 4 is 27.8 Å². The van der Waals surface area contributed by atoms with Crippen LogP contribution in [0.1, 0.15) is 5.56 Å². The van der Waals surface area contributed by atoms with E-state index in [-0.39, 0.29) is 0 Å². The molecule has 0 saturated heterocycles. The second-order valence-corrected chi connectivity index (χ2v) is 6.41. The summed E-state index contributed by atoms with van der Waals surface area (Å²) < 4.78 is 2.76. The quantitative estimate of drug-likeness (QED) is 0.426. The van der Waals surface area contributed by atoms with E-state index >= 15 is 0 Å². The largest absolute Gasteiger partial charge is 0.294 e. The molecule has 2 aromatic heterocycles. The monoisotopic (exact) mass is 402 g/mol. The van der Waals surface area contributed by atoms with Gasteiger partial charge in [-0.1, -0.05) is 24.3 Å². The standard InChI is InChI=1S/C21H15BrN4/c22-21-24-13-14-26(21)20-7-1-16(2-8-20)15-25-19-5-3-17(4-6-19)18-9-11-23-12-10-18/h1-15H. The number of benzene rings is 2. The summed E-state index contributed by atoms with van der Waals surface area (Å²) in [5.41, 5.74) is 5.32. The SMILES string of the molecule is Brc1nccn1-c1ccc(C=Nc2ccc(-c3ccncc3)cc2)cc1. The molecule has 0 aliphatic carbocycles. The summed E-state index contributed by atoms with van der Waals surface area (Å²) >= 11 is 3.43. The van der Waals surface area contributed by atoms with Gasteiger partial charge in [-0.2, -0.15) is 0 Å². The van der Waals surface area contributed by atoms with E-state index in [1.54, 1.807) is 18.6 Å². The molecule has 4 aromatic rings. The van der Waals surface area contributed by atoms with E-state index < -0.39 is 0 Å². The zero-order valence-electron chi connectivity index (χ0n) is 13.8. The minimum Gasteiger partial charge on any atom is -0.294 e. The highest BCUT2D eigenvalue weighted by atomic mass is 79.9. The number of hydrogen-bond donors (Lipinski definition) is 0. The molecule has 0 atom stereocenters. The molecule has 126 valence electrons. The van der Waals surface area contributed by atoms with Crippen LogP contribution in [0.4, 0.5) is 5.69 Å². The Kier molecular flexibility index (Phi) is 4.71. The number of pyridine rings is 1. The zero-order chi connectivity index (χ0) is 17.8. The first kappa shape index (κ1) is 16.4. The molecule has 5 heteroatoms. The van der Waals surface area contributed by atoms with Crippen LogP contribution < -0.4 is 0 Å². The maximum absolute atomic E-state index is 4.56. The Morgan fingerprint density at radius 2 is 1.50 bits per heavy atom. The molecule has 0 unspecified atom stereocenters. The number of rotatable bonds is 4. The smallest absolute Gasteiger partial charge is 0.181 e. The Labute approximate surface area is 160 Å². The van der Waals surface area contributed by atoms with Gasteiger partial charge in [0.1, 0.15) is 0 Å².